The molecule has 0 amide bonds. The zero-order chi connectivity index (χ0) is 18.9. The van der Waals surface area contributed by atoms with Crippen LogP contribution in [0, 0.1) is 6.92 Å². The van der Waals surface area contributed by atoms with Crippen LogP contribution in [0.25, 0.3) is 11.1 Å². The first-order valence-corrected chi connectivity index (χ1v) is 8.70. The molecule has 3 rings (SSSR count). The molecule has 1 saturated heterocycles. The summed E-state index contributed by atoms with van der Waals surface area (Å²) in [7, 11) is 0. The Morgan fingerprint density at radius 3 is 2.69 bits per heavy atom. The molecule has 6 heteroatoms. The molecule has 1 aliphatic heterocycles. The van der Waals surface area contributed by atoms with Crippen molar-refractivity contribution in [2.45, 2.75) is 32.0 Å². The van der Waals surface area contributed by atoms with Crippen molar-refractivity contribution in [3.8, 4) is 11.1 Å². The van der Waals surface area contributed by atoms with E-state index >= 15 is 4.39 Å². The standard InChI is InChI=1S/C20H25FN2O3/c1-4-25-10-19(3,21)15-5-14(18-8-17(22)9-23-13(18)2)6-16(7-15)20(24)11-26-12-20/h5-9,24H,4,10-12,22H2,1-3H3. The van der Waals surface area contributed by atoms with Crippen molar-refractivity contribution in [2.75, 3.05) is 32.2 Å². The number of aryl methyl sites for hydroxylation is 1. The van der Waals surface area contributed by atoms with E-state index in [9.17, 15) is 5.11 Å². The van der Waals surface area contributed by atoms with Crippen LogP contribution in [0.1, 0.15) is 30.7 Å². The van der Waals surface area contributed by atoms with Gasteiger partial charge in [-0.2, -0.15) is 0 Å². The van der Waals surface area contributed by atoms with Crippen molar-refractivity contribution < 1.29 is 19.0 Å². The highest BCUT2D eigenvalue weighted by molar-refractivity contribution is 5.71. The van der Waals surface area contributed by atoms with Crippen molar-refractivity contribution in [3.63, 3.8) is 0 Å². The molecule has 0 aliphatic carbocycles. The highest BCUT2D eigenvalue weighted by Gasteiger charge is 2.39. The van der Waals surface area contributed by atoms with Gasteiger partial charge in [0.2, 0.25) is 0 Å². The van der Waals surface area contributed by atoms with Crippen LogP contribution in [0.5, 0.6) is 0 Å². The van der Waals surface area contributed by atoms with Crippen molar-refractivity contribution in [1.82, 2.24) is 4.98 Å². The molecule has 2 heterocycles. The van der Waals surface area contributed by atoms with E-state index in [1.807, 2.05) is 26.0 Å². The number of alkyl halides is 1. The summed E-state index contributed by atoms with van der Waals surface area (Å²) in [5.74, 6) is 0. The van der Waals surface area contributed by atoms with Gasteiger partial charge in [-0.1, -0.05) is 0 Å². The van der Waals surface area contributed by atoms with Crippen molar-refractivity contribution in [1.29, 1.82) is 0 Å². The quantitative estimate of drug-likeness (QED) is 0.828. The molecule has 0 radical (unpaired) electrons. The topological polar surface area (TPSA) is 77.6 Å². The second kappa shape index (κ2) is 6.95. The number of rotatable bonds is 6. The van der Waals surface area contributed by atoms with Crippen LogP contribution in [-0.2, 0) is 20.7 Å². The first-order valence-electron chi connectivity index (χ1n) is 8.70. The predicted molar refractivity (Wildman–Crippen MR) is 98.5 cm³/mol. The van der Waals surface area contributed by atoms with Gasteiger partial charge in [0.15, 0.2) is 5.67 Å². The minimum absolute atomic E-state index is 0.0600. The average molecular weight is 360 g/mol. The largest absolute Gasteiger partial charge is 0.397 e. The molecule has 26 heavy (non-hydrogen) atoms. The maximum Gasteiger partial charge on any atom is 0.156 e. The molecule has 1 aromatic heterocycles. The molecule has 1 fully saturated rings. The highest BCUT2D eigenvalue weighted by Crippen LogP contribution is 2.38. The maximum absolute atomic E-state index is 15.3. The number of benzene rings is 1. The van der Waals surface area contributed by atoms with E-state index in [4.69, 9.17) is 15.2 Å². The summed E-state index contributed by atoms with van der Waals surface area (Å²) in [6.45, 7) is 5.94. The number of aromatic nitrogens is 1. The van der Waals surface area contributed by atoms with Gasteiger partial charge >= 0.3 is 0 Å². The molecule has 0 saturated carbocycles. The van der Waals surface area contributed by atoms with Gasteiger partial charge in [0, 0.05) is 17.9 Å². The molecule has 5 nitrogen and oxygen atoms in total. The predicted octanol–water partition coefficient (Wildman–Crippen LogP) is 3.08. The Labute approximate surface area is 153 Å². The SMILES string of the molecule is CCOCC(C)(F)c1cc(-c2cc(N)cnc2C)cc(C2(O)COC2)c1. The van der Waals surface area contributed by atoms with Crippen LogP contribution in [0.4, 0.5) is 10.1 Å². The zero-order valence-corrected chi connectivity index (χ0v) is 15.4. The van der Waals surface area contributed by atoms with Gasteiger partial charge in [0.25, 0.3) is 0 Å². The number of nitrogen functional groups attached to an aromatic ring is 1. The summed E-state index contributed by atoms with van der Waals surface area (Å²) in [5, 5.41) is 10.7. The van der Waals surface area contributed by atoms with E-state index in [0.29, 0.717) is 23.4 Å². The van der Waals surface area contributed by atoms with Crippen LogP contribution >= 0.6 is 0 Å². The fourth-order valence-corrected chi connectivity index (χ4v) is 3.03. The highest BCUT2D eigenvalue weighted by atomic mass is 19.1. The number of nitrogens with two attached hydrogens (primary N) is 1. The molecule has 3 N–H and O–H groups in total. The molecule has 140 valence electrons. The lowest BCUT2D eigenvalue weighted by molar-refractivity contribution is -0.184. The van der Waals surface area contributed by atoms with E-state index in [0.717, 1.165) is 16.8 Å². The number of nitrogens with zero attached hydrogens (tertiary/aromatic N) is 1. The minimum atomic E-state index is -1.69. The average Bonchev–Trinajstić information content (AvgIpc) is 2.59. The number of pyridine rings is 1. The number of halogens is 1. The van der Waals surface area contributed by atoms with E-state index in [-0.39, 0.29) is 19.8 Å². The summed E-state index contributed by atoms with van der Waals surface area (Å²) >= 11 is 0. The van der Waals surface area contributed by atoms with Crippen molar-refractivity contribution >= 4 is 5.69 Å². The number of hydrogen-bond donors (Lipinski definition) is 2. The zero-order valence-electron chi connectivity index (χ0n) is 15.4. The lowest BCUT2D eigenvalue weighted by atomic mass is 9.84. The Kier molecular flexibility index (Phi) is 5.01. The normalized spacial score (nSPS) is 18.2. The molecular formula is C20H25FN2O3. The fraction of sp³-hybridized carbons (Fsp3) is 0.450. The van der Waals surface area contributed by atoms with E-state index in [2.05, 4.69) is 4.98 Å². The van der Waals surface area contributed by atoms with Gasteiger partial charge in [0.1, 0.15) is 5.60 Å². The summed E-state index contributed by atoms with van der Waals surface area (Å²) in [6.07, 6.45) is 1.59. The monoisotopic (exact) mass is 360 g/mol. The van der Waals surface area contributed by atoms with Gasteiger partial charge in [-0.05, 0) is 61.7 Å². The summed E-state index contributed by atoms with van der Waals surface area (Å²) in [5.41, 5.74) is 7.04. The third kappa shape index (κ3) is 3.58. The number of anilines is 1. The molecule has 1 unspecified atom stereocenters. The second-order valence-corrected chi connectivity index (χ2v) is 7.06. The number of ether oxygens (including phenoxy) is 2. The third-order valence-electron chi connectivity index (χ3n) is 4.75. The van der Waals surface area contributed by atoms with Gasteiger partial charge in [-0.15, -0.1) is 0 Å². The molecule has 1 aliphatic rings. The van der Waals surface area contributed by atoms with E-state index < -0.39 is 11.3 Å². The lowest BCUT2D eigenvalue weighted by Gasteiger charge is -2.37. The number of hydrogen-bond acceptors (Lipinski definition) is 5. The summed E-state index contributed by atoms with van der Waals surface area (Å²) in [6, 6.07) is 7.13. The van der Waals surface area contributed by atoms with Crippen LogP contribution in [0.3, 0.4) is 0 Å². The molecule has 1 aromatic carbocycles. The van der Waals surface area contributed by atoms with Crippen molar-refractivity contribution in [3.05, 3.63) is 47.3 Å². The Hall–Kier alpha value is -2.02. The van der Waals surface area contributed by atoms with Gasteiger partial charge < -0.3 is 20.3 Å². The minimum Gasteiger partial charge on any atom is -0.397 e. The van der Waals surface area contributed by atoms with Crippen LogP contribution in [0.2, 0.25) is 0 Å². The van der Waals surface area contributed by atoms with E-state index in [1.54, 1.807) is 18.3 Å². The van der Waals surface area contributed by atoms with Crippen LogP contribution in [0.15, 0.2) is 30.5 Å². The number of aliphatic hydroxyl groups is 1. The van der Waals surface area contributed by atoms with Gasteiger partial charge in [0.05, 0.1) is 31.7 Å². The fourth-order valence-electron chi connectivity index (χ4n) is 3.03. The first kappa shape index (κ1) is 18.8. The lowest BCUT2D eigenvalue weighted by Crippen LogP contribution is -2.46. The first-order chi connectivity index (χ1) is 12.2. The third-order valence-corrected chi connectivity index (χ3v) is 4.75. The Morgan fingerprint density at radius 2 is 2.08 bits per heavy atom. The molecule has 1 atom stereocenters. The Bertz CT molecular complexity index is 804. The summed E-state index contributed by atoms with van der Waals surface area (Å²) < 4.78 is 25.8. The molecule has 0 bridgehead atoms. The van der Waals surface area contributed by atoms with Crippen LogP contribution < -0.4 is 5.73 Å². The molecule has 2 aromatic rings. The Morgan fingerprint density at radius 1 is 1.35 bits per heavy atom. The van der Waals surface area contributed by atoms with E-state index in [1.165, 1.54) is 6.92 Å². The van der Waals surface area contributed by atoms with Gasteiger partial charge in [-0.3, -0.25) is 4.98 Å². The maximum atomic E-state index is 15.3. The Balaban J connectivity index is 2.13. The molecular weight excluding hydrogens is 335 g/mol. The second-order valence-electron chi connectivity index (χ2n) is 7.06. The van der Waals surface area contributed by atoms with Crippen molar-refractivity contribution in [2.24, 2.45) is 0 Å². The van der Waals surface area contributed by atoms with Gasteiger partial charge in [-0.25, -0.2) is 4.39 Å². The molecule has 0 spiro atoms. The van der Waals surface area contributed by atoms with Crippen LogP contribution in [-0.4, -0.2) is 36.5 Å². The summed E-state index contributed by atoms with van der Waals surface area (Å²) in [4.78, 5) is 4.29. The smallest absolute Gasteiger partial charge is 0.156 e.